The number of halogens is 1. The second-order valence-electron chi connectivity index (χ2n) is 5.45. The van der Waals surface area contributed by atoms with E-state index in [0.29, 0.717) is 10.7 Å². The molecule has 2 amide bonds. The van der Waals surface area contributed by atoms with Crippen LogP contribution in [0.25, 0.3) is 0 Å². The molecule has 1 aliphatic carbocycles. The van der Waals surface area contributed by atoms with E-state index < -0.39 is 0 Å². The Morgan fingerprint density at radius 3 is 2.57 bits per heavy atom. The summed E-state index contributed by atoms with van der Waals surface area (Å²) in [5, 5.41) is 3.33. The monoisotopic (exact) mass is 309 g/mol. The Hall–Kier alpha value is -1.62. The van der Waals surface area contributed by atoms with E-state index in [0.717, 1.165) is 37.8 Å². The van der Waals surface area contributed by atoms with Crippen molar-refractivity contribution in [2.24, 2.45) is 11.7 Å². The van der Waals surface area contributed by atoms with Crippen LogP contribution in [0.3, 0.4) is 0 Å². The second-order valence-corrected chi connectivity index (χ2v) is 5.84. The van der Waals surface area contributed by atoms with E-state index in [9.17, 15) is 9.59 Å². The third-order valence-electron chi connectivity index (χ3n) is 3.94. The van der Waals surface area contributed by atoms with Crippen molar-refractivity contribution in [2.45, 2.75) is 45.1 Å². The van der Waals surface area contributed by atoms with Gasteiger partial charge in [-0.1, -0.05) is 18.5 Å². The van der Waals surface area contributed by atoms with Crippen molar-refractivity contribution in [3.05, 3.63) is 28.5 Å². The Bertz CT molecular complexity index is 540. The molecule has 0 atom stereocenters. The van der Waals surface area contributed by atoms with Gasteiger partial charge < -0.3 is 11.1 Å². The molecule has 0 aliphatic heterocycles. The van der Waals surface area contributed by atoms with Crippen LogP contribution in [0, 0.1) is 5.92 Å². The molecule has 1 aromatic heterocycles. The van der Waals surface area contributed by atoms with Crippen molar-refractivity contribution in [1.29, 1.82) is 0 Å². The van der Waals surface area contributed by atoms with Crippen LogP contribution in [0.1, 0.15) is 48.7 Å². The predicted octanol–water partition coefficient (Wildman–Crippen LogP) is 2.07. The van der Waals surface area contributed by atoms with Gasteiger partial charge in [-0.3, -0.25) is 9.59 Å². The summed E-state index contributed by atoms with van der Waals surface area (Å²) in [5.74, 6) is -0.440. The minimum Gasteiger partial charge on any atom is -0.369 e. The van der Waals surface area contributed by atoms with Gasteiger partial charge in [-0.25, -0.2) is 4.98 Å². The highest BCUT2D eigenvalue weighted by atomic mass is 35.5. The average Bonchev–Trinajstić information content (AvgIpc) is 2.47. The third-order valence-corrected chi connectivity index (χ3v) is 4.13. The Kier molecular flexibility index (Phi) is 5.17. The first-order chi connectivity index (χ1) is 9.99. The lowest BCUT2D eigenvalue weighted by atomic mass is 9.85. The summed E-state index contributed by atoms with van der Waals surface area (Å²) in [6.07, 6.45) is 3.75. The van der Waals surface area contributed by atoms with Gasteiger partial charge in [0.05, 0.1) is 0 Å². The Labute approximate surface area is 129 Å². The lowest BCUT2D eigenvalue weighted by Crippen LogP contribution is -2.39. The molecule has 0 bridgehead atoms. The van der Waals surface area contributed by atoms with E-state index in [1.807, 2.05) is 6.92 Å². The molecule has 114 valence electrons. The zero-order valence-electron chi connectivity index (χ0n) is 12.1. The molecule has 0 unspecified atom stereocenters. The maximum Gasteiger partial charge on any atom is 0.251 e. The van der Waals surface area contributed by atoms with Gasteiger partial charge >= 0.3 is 0 Å². The molecule has 0 saturated heterocycles. The minimum absolute atomic E-state index is 0.0554. The topological polar surface area (TPSA) is 85.1 Å². The SMILES string of the molecule is CCc1cc(C(=O)NC2CCC(C(N)=O)CC2)cc(Cl)n1. The van der Waals surface area contributed by atoms with E-state index in [1.165, 1.54) is 0 Å². The number of aryl methyl sites for hydroxylation is 1. The van der Waals surface area contributed by atoms with Crippen LogP contribution in [0.2, 0.25) is 5.15 Å². The molecule has 21 heavy (non-hydrogen) atoms. The van der Waals surface area contributed by atoms with Gasteiger partial charge in [0.1, 0.15) is 5.15 Å². The highest BCUT2D eigenvalue weighted by Gasteiger charge is 2.25. The first-order valence-corrected chi connectivity index (χ1v) is 7.64. The standard InChI is InChI=1S/C15H20ClN3O2/c1-2-11-7-10(8-13(16)18-11)15(21)19-12-5-3-9(4-6-12)14(17)20/h7-9,12H,2-6H2,1H3,(H2,17,20)(H,19,21). The number of amides is 2. The summed E-state index contributed by atoms with van der Waals surface area (Å²) in [7, 11) is 0. The Morgan fingerprint density at radius 1 is 1.33 bits per heavy atom. The fraction of sp³-hybridized carbons (Fsp3) is 0.533. The van der Waals surface area contributed by atoms with Crippen LogP contribution in [-0.2, 0) is 11.2 Å². The number of nitrogens with one attached hydrogen (secondary N) is 1. The van der Waals surface area contributed by atoms with Gasteiger partial charge in [-0.05, 0) is 44.2 Å². The lowest BCUT2D eigenvalue weighted by molar-refractivity contribution is -0.122. The second kappa shape index (κ2) is 6.89. The number of rotatable bonds is 4. The summed E-state index contributed by atoms with van der Waals surface area (Å²) in [4.78, 5) is 27.5. The number of nitrogens with zero attached hydrogens (tertiary/aromatic N) is 1. The van der Waals surface area contributed by atoms with Crippen LogP contribution >= 0.6 is 11.6 Å². The quantitative estimate of drug-likeness (QED) is 0.835. The zero-order valence-corrected chi connectivity index (χ0v) is 12.8. The van der Waals surface area contributed by atoms with Crippen molar-refractivity contribution in [3.63, 3.8) is 0 Å². The zero-order chi connectivity index (χ0) is 15.4. The molecule has 5 nitrogen and oxygen atoms in total. The van der Waals surface area contributed by atoms with E-state index in [2.05, 4.69) is 10.3 Å². The number of aromatic nitrogens is 1. The molecule has 1 saturated carbocycles. The number of primary amides is 1. The number of nitrogens with two attached hydrogens (primary N) is 1. The fourth-order valence-corrected chi connectivity index (χ4v) is 2.88. The Balaban J connectivity index is 1.96. The summed E-state index contributed by atoms with van der Waals surface area (Å²) < 4.78 is 0. The number of carbonyl (C=O) groups is 2. The molecular weight excluding hydrogens is 290 g/mol. The molecule has 0 radical (unpaired) electrons. The number of hydrogen-bond donors (Lipinski definition) is 2. The molecule has 2 rings (SSSR count). The van der Waals surface area contributed by atoms with Gasteiger partial charge in [-0.2, -0.15) is 0 Å². The van der Waals surface area contributed by atoms with Crippen LogP contribution < -0.4 is 11.1 Å². The van der Waals surface area contributed by atoms with Crippen molar-refractivity contribution in [3.8, 4) is 0 Å². The normalized spacial score (nSPS) is 21.8. The van der Waals surface area contributed by atoms with Crippen LogP contribution in [0.15, 0.2) is 12.1 Å². The van der Waals surface area contributed by atoms with Crippen LogP contribution in [-0.4, -0.2) is 22.8 Å². The lowest BCUT2D eigenvalue weighted by Gasteiger charge is -2.27. The highest BCUT2D eigenvalue weighted by molar-refractivity contribution is 6.29. The van der Waals surface area contributed by atoms with Crippen molar-refractivity contribution < 1.29 is 9.59 Å². The summed E-state index contributed by atoms with van der Waals surface area (Å²) in [6.45, 7) is 1.96. The Morgan fingerprint density at radius 2 is 2.00 bits per heavy atom. The van der Waals surface area contributed by atoms with E-state index >= 15 is 0 Å². The average molecular weight is 310 g/mol. The first-order valence-electron chi connectivity index (χ1n) is 7.26. The largest absolute Gasteiger partial charge is 0.369 e. The summed E-state index contributed by atoms with van der Waals surface area (Å²) in [6, 6.07) is 3.42. The van der Waals surface area contributed by atoms with Crippen molar-refractivity contribution in [1.82, 2.24) is 10.3 Å². The molecule has 0 spiro atoms. The highest BCUT2D eigenvalue weighted by Crippen LogP contribution is 2.24. The first kappa shape index (κ1) is 15.8. The molecule has 1 heterocycles. The maximum atomic E-state index is 12.3. The molecule has 3 N–H and O–H groups in total. The molecule has 1 aromatic rings. The molecule has 1 fully saturated rings. The summed E-state index contributed by atoms with van der Waals surface area (Å²) in [5.41, 5.74) is 6.63. The van der Waals surface area contributed by atoms with Crippen molar-refractivity contribution >= 4 is 23.4 Å². The van der Waals surface area contributed by atoms with E-state index in [1.54, 1.807) is 12.1 Å². The predicted molar refractivity (Wildman–Crippen MR) is 81.0 cm³/mol. The number of hydrogen-bond acceptors (Lipinski definition) is 3. The van der Waals surface area contributed by atoms with Gasteiger partial charge in [-0.15, -0.1) is 0 Å². The minimum atomic E-state index is -0.242. The van der Waals surface area contributed by atoms with Gasteiger partial charge in [0.2, 0.25) is 5.91 Å². The smallest absolute Gasteiger partial charge is 0.251 e. The summed E-state index contributed by atoms with van der Waals surface area (Å²) >= 11 is 5.93. The van der Waals surface area contributed by atoms with E-state index in [-0.39, 0.29) is 23.8 Å². The van der Waals surface area contributed by atoms with Crippen LogP contribution in [0.5, 0.6) is 0 Å². The molecule has 1 aliphatic rings. The molecule has 0 aromatic carbocycles. The van der Waals surface area contributed by atoms with Crippen LogP contribution in [0.4, 0.5) is 0 Å². The fourth-order valence-electron chi connectivity index (χ4n) is 2.65. The molecule has 6 heteroatoms. The third kappa shape index (κ3) is 4.17. The van der Waals surface area contributed by atoms with Gasteiger partial charge in [0.25, 0.3) is 5.91 Å². The molecular formula is C15H20ClN3O2. The number of pyridine rings is 1. The van der Waals surface area contributed by atoms with Gasteiger partial charge in [0, 0.05) is 23.2 Å². The van der Waals surface area contributed by atoms with Crippen molar-refractivity contribution in [2.75, 3.05) is 0 Å². The van der Waals surface area contributed by atoms with Gasteiger partial charge in [0.15, 0.2) is 0 Å². The number of carbonyl (C=O) groups excluding carboxylic acids is 2. The maximum absolute atomic E-state index is 12.3. The van der Waals surface area contributed by atoms with E-state index in [4.69, 9.17) is 17.3 Å².